The van der Waals surface area contributed by atoms with Gasteiger partial charge < -0.3 is 23.9 Å². The topological polar surface area (TPSA) is 68.2 Å². The number of amides is 1. The molecule has 1 aliphatic rings. The molecule has 0 saturated carbocycles. The molecule has 2 atom stereocenters. The molecule has 232 valence electrons. The van der Waals surface area contributed by atoms with Gasteiger partial charge in [0.15, 0.2) is 0 Å². The number of rotatable bonds is 8. The monoisotopic (exact) mass is 623 g/mol. The second-order valence-electron chi connectivity index (χ2n) is 14.0. The number of nitrogens with zero attached hydrogens (tertiary/aromatic N) is 1. The van der Waals surface area contributed by atoms with Gasteiger partial charge in [-0.2, -0.15) is 0 Å². The molecule has 0 saturated heterocycles. The van der Waals surface area contributed by atoms with Gasteiger partial charge in [-0.25, -0.2) is 4.79 Å². The number of hydrogen-bond donors (Lipinski definition) is 1. The third-order valence-electron chi connectivity index (χ3n) is 8.29. The van der Waals surface area contributed by atoms with E-state index < -0.39 is 26.1 Å². The third kappa shape index (κ3) is 8.77. The van der Waals surface area contributed by atoms with Gasteiger partial charge in [0.05, 0.1) is 12.6 Å². The van der Waals surface area contributed by atoms with Gasteiger partial charge >= 0.3 is 6.09 Å². The molecule has 0 aromatic heterocycles. The predicted octanol–water partition coefficient (Wildman–Crippen LogP) is 9.34. The van der Waals surface area contributed by atoms with E-state index in [0.29, 0.717) is 17.0 Å². The molecular formula is C35H46ClNO5Si. The highest BCUT2D eigenvalue weighted by Crippen LogP contribution is 2.38. The molecule has 1 amide bonds. The fraction of sp³-hybridized carbons (Fsp3) is 0.457. The average molecular weight is 624 g/mol. The largest absolute Gasteiger partial charge is 0.543 e. The van der Waals surface area contributed by atoms with Crippen LogP contribution in [0.4, 0.5) is 4.79 Å². The van der Waals surface area contributed by atoms with Gasteiger partial charge in [0, 0.05) is 11.1 Å². The van der Waals surface area contributed by atoms with Gasteiger partial charge in [0.2, 0.25) is 8.32 Å². The smallest absolute Gasteiger partial charge is 0.410 e. The molecule has 3 aromatic rings. The Kier molecular flexibility index (Phi) is 9.89. The lowest BCUT2D eigenvalue weighted by Gasteiger charge is -2.37. The average Bonchev–Trinajstić information content (AvgIpc) is 2.90. The van der Waals surface area contributed by atoms with Crippen LogP contribution in [0.25, 0.3) is 0 Å². The highest BCUT2D eigenvalue weighted by molar-refractivity contribution is 6.74. The number of ether oxygens (including phenoxy) is 2. The molecule has 4 rings (SSSR count). The highest BCUT2D eigenvalue weighted by atomic mass is 35.5. The maximum atomic E-state index is 13.4. The summed E-state index contributed by atoms with van der Waals surface area (Å²) in [5.41, 5.74) is 2.36. The van der Waals surface area contributed by atoms with E-state index in [-0.39, 0.29) is 17.6 Å². The van der Waals surface area contributed by atoms with E-state index in [9.17, 15) is 9.90 Å². The number of aryl methyl sites for hydroxylation is 1. The third-order valence-corrected chi connectivity index (χ3v) is 12.9. The molecule has 3 aromatic carbocycles. The fourth-order valence-corrected chi connectivity index (χ4v) is 6.13. The van der Waals surface area contributed by atoms with Gasteiger partial charge in [-0.1, -0.05) is 50.6 Å². The maximum absolute atomic E-state index is 13.4. The number of hydrogen-bond acceptors (Lipinski definition) is 5. The zero-order chi connectivity index (χ0) is 31.6. The fourth-order valence-electron chi connectivity index (χ4n) is 4.90. The van der Waals surface area contributed by atoms with Crippen LogP contribution in [0.1, 0.15) is 70.8 Å². The number of aliphatic hydroxyl groups excluding tert-OH is 1. The van der Waals surface area contributed by atoms with Gasteiger partial charge in [-0.15, -0.1) is 0 Å². The molecule has 43 heavy (non-hydrogen) atoms. The van der Waals surface area contributed by atoms with Crippen molar-refractivity contribution in [1.82, 2.24) is 4.90 Å². The Balaban J connectivity index is 1.50. The summed E-state index contributed by atoms with van der Waals surface area (Å²) in [5.74, 6) is 2.32. The van der Waals surface area contributed by atoms with Crippen LogP contribution in [0.3, 0.4) is 0 Å². The summed E-state index contributed by atoms with van der Waals surface area (Å²) in [6, 6.07) is 20.9. The predicted molar refractivity (Wildman–Crippen MR) is 176 cm³/mol. The van der Waals surface area contributed by atoms with E-state index in [2.05, 4.69) is 46.0 Å². The molecule has 8 heteroatoms. The van der Waals surface area contributed by atoms with E-state index in [0.717, 1.165) is 35.7 Å². The van der Waals surface area contributed by atoms with Crippen LogP contribution < -0.4 is 9.16 Å². The van der Waals surface area contributed by atoms with Crippen LogP contribution in [0.2, 0.25) is 23.2 Å². The molecule has 0 heterocycles. The Hall–Kier alpha value is -3.00. The van der Waals surface area contributed by atoms with Crippen molar-refractivity contribution in [3.05, 3.63) is 88.4 Å². The quantitative estimate of drug-likeness (QED) is 0.253. The minimum atomic E-state index is -1.92. The molecule has 0 radical (unpaired) electrons. The molecule has 0 fully saturated rings. The highest BCUT2D eigenvalue weighted by Gasteiger charge is 2.39. The molecule has 1 aliphatic carbocycles. The van der Waals surface area contributed by atoms with Crippen molar-refractivity contribution in [1.29, 1.82) is 0 Å². The molecule has 1 N–H and O–H groups in total. The summed E-state index contributed by atoms with van der Waals surface area (Å²) in [7, 11) is -1.92. The first-order valence-corrected chi connectivity index (χ1v) is 18.3. The molecule has 0 bridgehead atoms. The Morgan fingerprint density at radius 2 is 1.60 bits per heavy atom. The first-order chi connectivity index (χ1) is 20.0. The van der Waals surface area contributed by atoms with E-state index in [1.165, 1.54) is 5.56 Å². The maximum Gasteiger partial charge on any atom is 0.410 e. The minimum Gasteiger partial charge on any atom is -0.543 e. The Morgan fingerprint density at radius 3 is 2.23 bits per heavy atom. The summed E-state index contributed by atoms with van der Waals surface area (Å²) in [4.78, 5) is 15.1. The van der Waals surface area contributed by atoms with Crippen molar-refractivity contribution in [3.63, 3.8) is 0 Å². The van der Waals surface area contributed by atoms with E-state index in [1.807, 2.05) is 57.2 Å². The minimum absolute atomic E-state index is 0.106. The summed E-state index contributed by atoms with van der Waals surface area (Å²) < 4.78 is 18.4. The lowest BCUT2D eigenvalue weighted by Crippen LogP contribution is -2.47. The first-order valence-electron chi connectivity index (χ1n) is 15.0. The summed E-state index contributed by atoms with van der Waals surface area (Å²) in [5, 5.41) is 11.7. The second-order valence-corrected chi connectivity index (χ2v) is 19.1. The number of carbonyl (C=O) groups is 1. The van der Waals surface area contributed by atoms with E-state index in [4.69, 9.17) is 25.5 Å². The number of aliphatic hydroxyl groups is 1. The summed E-state index contributed by atoms with van der Waals surface area (Å²) in [6.45, 7) is 16.8. The first kappa shape index (κ1) is 32.9. The normalized spacial score (nSPS) is 16.2. The molecular weight excluding hydrogens is 578 g/mol. The van der Waals surface area contributed by atoms with Crippen LogP contribution in [-0.4, -0.2) is 42.6 Å². The van der Waals surface area contributed by atoms with Crippen molar-refractivity contribution >= 4 is 26.0 Å². The molecule has 6 nitrogen and oxygen atoms in total. The van der Waals surface area contributed by atoms with Gasteiger partial charge in [-0.05, 0) is 123 Å². The Labute approximate surface area is 263 Å². The van der Waals surface area contributed by atoms with Crippen molar-refractivity contribution in [2.24, 2.45) is 0 Å². The Bertz CT molecular complexity index is 1410. The van der Waals surface area contributed by atoms with Crippen molar-refractivity contribution < 1.29 is 23.8 Å². The van der Waals surface area contributed by atoms with Crippen molar-refractivity contribution in [2.75, 3.05) is 6.54 Å². The van der Waals surface area contributed by atoms with Gasteiger partial charge in [-0.3, -0.25) is 0 Å². The van der Waals surface area contributed by atoms with Crippen molar-refractivity contribution in [3.8, 4) is 17.2 Å². The molecule has 0 unspecified atom stereocenters. The van der Waals surface area contributed by atoms with Gasteiger partial charge in [0.25, 0.3) is 0 Å². The second kappa shape index (κ2) is 12.9. The van der Waals surface area contributed by atoms with E-state index >= 15 is 0 Å². The Morgan fingerprint density at radius 1 is 0.953 bits per heavy atom. The van der Waals surface area contributed by atoms with Crippen LogP contribution in [0.5, 0.6) is 17.2 Å². The number of carbonyl (C=O) groups excluding carboxylic acids is 1. The van der Waals surface area contributed by atoms with Crippen LogP contribution >= 0.6 is 11.6 Å². The number of benzene rings is 3. The molecule has 0 aliphatic heterocycles. The zero-order valence-electron chi connectivity index (χ0n) is 26.7. The van der Waals surface area contributed by atoms with Crippen LogP contribution in [0.15, 0.2) is 66.7 Å². The lowest BCUT2D eigenvalue weighted by molar-refractivity contribution is 0.00195. The lowest BCUT2D eigenvalue weighted by atomic mass is 9.87. The standard InChI is InChI=1S/C35H46ClNO5Si/c1-34(2,3)41-33(39)37(23-32(38)25-10-9-11-27(36)20-25)28-14-12-24-13-15-31(22-26(24)21-28)40-29-16-18-30(19-17-29)42-43(7,8)35(4,5)6/h9-11,13,15-20,22,28,32,38H,12,14,21,23H2,1-8H3/t28-,32-/m0/s1. The van der Waals surface area contributed by atoms with Crippen molar-refractivity contribution in [2.45, 2.75) is 96.7 Å². The SMILES string of the molecule is CC(C)(C)OC(=O)N(C[C@H](O)c1cccc(Cl)c1)[C@H]1CCc2ccc(Oc3ccc(O[Si](C)(C)C(C)(C)C)cc3)cc2C1. The zero-order valence-corrected chi connectivity index (χ0v) is 28.5. The summed E-state index contributed by atoms with van der Waals surface area (Å²) in [6.07, 6.45) is 0.879. The number of fused-ring (bicyclic) bond motifs is 1. The summed E-state index contributed by atoms with van der Waals surface area (Å²) >= 11 is 6.17. The van der Waals surface area contributed by atoms with E-state index in [1.54, 1.807) is 23.1 Å². The van der Waals surface area contributed by atoms with Gasteiger partial charge in [0.1, 0.15) is 22.8 Å². The van der Waals surface area contributed by atoms with Crippen LogP contribution in [-0.2, 0) is 17.6 Å². The number of halogens is 1. The van der Waals surface area contributed by atoms with Crippen LogP contribution in [0, 0.1) is 0 Å². The molecule has 0 spiro atoms.